The number of rotatable bonds is 7. The van der Waals surface area contributed by atoms with E-state index in [1.54, 1.807) is 0 Å². The zero-order valence-corrected chi connectivity index (χ0v) is 13.9. The number of nitro groups is 1. The number of anilines is 1. The normalized spacial score (nSPS) is 10.8. The van der Waals surface area contributed by atoms with Crippen molar-refractivity contribution in [1.29, 1.82) is 0 Å². The van der Waals surface area contributed by atoms with Crippen LogP contribution in [0.2, 0.25) is 0 Å². The van der Waals surface area contributed by atoms with Crippen molar-refractivity contribution in [3.05, 3.63) is 58.6 Å². The lowest BCUT2D eigenvalue weighted by molar-refractivity contribution is -0.387. The molecule has 0 amide bonds. The van der Waals surface area contributed by atoms with Crippen LogP contribution in [-0.4, -0.2) is 33.0 Å². The van der Waals surface area contributed by atoms with Crippen LogP contribution in [0.1, 0.15) is 0 Å². The van der Waals surface area contributed by atoms with E-state index in [1.165, 1.54) is 43.5 Å². The fourth-order valence-corrected chi connectivity index (χ4v) is 3.12. The van der Waals surface area contributed by atoms with Crippen LogP contribution in [0.4, 0.5) is 11.4 Å². The number of nitrogens with one attached hydrogen (secondary N) is 1. The van der Waals surface area contributed by atoms with E-state index in [0.29, 0.717) is 0 Å². The van der Waals surface area contributed by atoms with E-state index in [-0.39, 0.29) is 18.0 Å². The van der Waals surface area contributed by atoms with Crippen molar-refractivity contribution < 1.29 is 27.6 Å². The smallest absolute Gasteiger partial charge is 0.343 e. The van der Waals surface area contributed by atoms with Gasteiger partial charge in [0.05, 0.1) is 17.7 Å². The van der Waals surface area contributed by atoms with Gasteiger partial charge in [0.2, 0.25) is 0 Å². The number of hydrogen-bond donors (Lipinski definition) is 1. The third kappa shape index (κ3) is 4.67. The fourth-order valence-electron chi connectivity index (χ4n) is 1.90. The molecular weight excluding hydrogens is 352 g/mol. The van der Waals surface area contributed by atoms with Gasteiger partial charge in [0, 0.05) is 12.1 Å². The standard InChI is InChI=1S/C15H14N2O7S/c1-23-15(18)10-24-12-6-4-5-11(9-12)16-25(21,22)14-8-3-2-7-13(14)17(19)20/h2-9,16H,10H2,1H3. The van der Waals surface area contributed by atoms with Crippen LogP contribution in [0.15, 0.2) is 53.4 Å². The molecule has 0 spiro atoms. The Kier molecular flexibility index (Phi) is 5.55. The zero-order valence-electron chi connectivity index (χ0n) is 13.0. The highest BCUT2D eigenvalue weighted by Crippen LogP contribution is 2.26. The summed E-state index contributed by atoms with van der Waals surface area (Å²) in [7, 11) is -2.97. The molecule has 0 radical (unpaired) electrons. The summed E-state index contributed by atoms with van der Waals surface area (Å²) in [5.41, 5.74) is -0.409. The highest BCUT2D eigenvalue weighted by molar-refractivity contribution is 7.92. The topological polar surface area (TPSA) is 125 Å². The number of ether oxygens (including phenoxy) is 2. The van der Waals surface area contributed by atoms with Gasteiger partial charge in [-0.3, -0.25) is 14.8 Å². The number of nitro benzene ring substituents is 1. The van der Waals surface area contributed by atoms with Gasteiger partial charge >= 0.3 is 5.97 Å². The number of esters is 1. The van der Waals surface area contributed by atoms with Crippen molar-refractivity contribution >= 4 is 27.4 Å². The summed E-state index contributed by atoms with van der Waals surface area (Å²) in [5.74, 6) is -0.362. The number of sulfonamides is 1. The highest BCUT2D eigenvalue weighted by atomic mass is 32.2. The van der Waals surface area contributed by atoms with Crippen molar-refractivity contribution in [3.63, 3.8) is 0 Å². The molecule has 2 aromatic rings. The van der Waals surface area contributed by atoms with E-state index in [2.05, 4.69) is 9.46 Å². The number of benzene rings is 2. The van der Waals surface area contributed by atoms with E-state index in [0.717, 1.165) is 12.1 Å². The first-order valence-corrected chi connectivity index (χ1v) is 8.38. The molecule has 0 fully saturated rings. The molecule has 25 heavy (non-hydrogen) atoms. The van der Waals surface area contributed by atoms with Crippen LogP contribution in [-0.2, 0) is 19.6 Å². The Balaban J connectivity index is 2.24. The van der Waals surface area contributed by atoms with Gasteiger partial charge in [-0.05, 0) is 18.2 Å². The van der Waals surface area contributed by atoms with Gasteiger partial charge in [0.15, 0.2) is 11.5 Å². The first-order valence-electron chi connectivity index (χ1n) is 6.89. The van der Waals surface area contributed by atoms with Crippen LogP contribution in [0.25, 0.3) is 0 Å². The van der Waals surface area contributed by atoms with Crippen LogP contribution >= 0.6 is 0 Å². The number of carbonyl (C=O) groups excluding carboxylic acids is 1. The molecule has 10 heteroatoms. The van der Waals surface area contributed by atoms with Crippen LogP contribution in [0, 0.1) is 10.1 Å². The summed E-state index contributed by atoms with van der Waals surface area (Å²) < 4.78 is 36.7. The zero-order chi connectivity index (χ0) is 18.4. The Morgan fingerprint density at radius 2 is 1.92 bits per heavy atom. The monoisotopic (exact) mass is 366 g/mol. The Morgan fingerprint density at radius 3 is 2.60 bits per heavy atom. The second kappa shape index (κ2) is 7.62. The Labute approximate surface area is 143 Å². The Bertz CT molecular complexity index is 896. The number of para-hydroxylation sites is 1. The first-order chi connectivity index (χ1) is 11.8. The fraction of sp³-hybridized carbons (Fsp3) is 0.133. The summed E-state index contributed by atoms with van der Waals surface area (Å²) >= 11 is 0. The average Bonchev–Trinajstić information content (AvgIpc) is 2.59. The van der Waals surface area contributed by atoms with Crippen molar-refractivity contribution in [2.45, 2.75) is 4.90 Å². The van der Waals surface area contributed by atoms with Gasteiger partial charge in [-0.25, -0.2) is 13.2 Å². The van der Waals surface area contributed by atoms with E-state index >= 15 is 0 Å². The number of methoxy groups -OCH3 is 1. The second-order valence-electron chi connectivity index (χ2n) is 4.72. The van der Waals surface area contributed by atoms with Gasteiger partial charge < -0.3 is 9.47 Å². The maximum atomic E-state index is 12.4. The van der Waals surface area contributed by atoms with Crippen LogP contribution < -0.4 is 9.46 Å². The third-order valence-electron chi connectivity index (χ3n) is 3.02. The van der Waals surface area contributed by atoms with Gasteiger partial charge in [-0.2, -0.15) is 0 Å². The first kappa shape index (κ1) is 18.2. The molecule has 0 atom stereocenters. The lowest BCUT2D eigenvalue weighted by Gasteiger charge is -2.10. The molecule has 9 nitrogen and oxygen atoms in total. The van der Waals surface area contributed by atoms with Gasteiger partial charge in [0.25, 0.3) is 15.7 Å². The van der Waals surface area contributed by atoms with Gasteiger partial charge in [-0.1, -0.05) is 18.2 Å². The summed E-state index contributed by atoms with van der Waals surface area (Å²) in [6.07, 6.45) is 0. The van der Waals surface area contributed by atoms with Crippen molar-refractivity contribution in [2.75, 3.05) is 18.4 Å². The maximum absolute atomic E-state index is 12.4. The number of carbonyl (C=O) groups is 1. The third-order valence-corrected chi connectivity index (χ3v) is 4.45. The van der Waals surface area contributed by atoms with Gasteiger partial charge in [-0.15, -0.1) is 0 Å². The average molecular weight is 366 g/mol. The molecule has 0 saturated carbocycles. The number of hydrogen-bond acceptors (Lipinski definition) is 7. The molecular formula is C15H14N2O7S. The molecule has 0 aromatic heterocycles. The molecule has 0 unspecified atom stereocenters. The van der Waals surface area contributed by atoms with Crippen LogP contribution in [0.5, 0.6) is 5.75 Å². The minimum absolute atomic E-state index is 0.125. The molecule has 2 aromatic carbocycles. The maximum Gasteiger partial charge on any atom is 0.343 e. The molecule has 0 aliphatic heterocycles. The summed E-state index contributed by atoms with van der Waals surface area (Å²) in [6, 6.07) is 10.8. The largest absolute Gasteiger partial charge is 0.482 e. The summed E-state index contributed by atoms with van der Waals surface area (Å²) in [5, 5.41) is 11.0. The molecule has 0 heterocycles. The predicted octanol–water partition coefficient (Wildman–Crippen LogP) is 1.95. The lowest BCUT2D eigenvalue weighted by atomic mass is 10.3. The van der Waals surface area contributed by atoms with Crippen molar-refractivity contribution in [1.82, 2.24) is 0 Å². The Hall–Kier alpha value is -3.14. The molecule has 0 saturated heterocycles. The summed E-state index contributed by atoms with van der Waals surface area (Å²) in [6.45, 7) is -0.336. The molecule has 0 bridgehead atoms. The molecule has 0 aliphatic rings. The molecule has 2 rings (SSSR count). The highest BCUT2D eigenvalue weighted by Gasteiger charge is 2.25. The van der Waals surface area contributed by atoms with E-state index in [4.69, 9.17) is 4.74 Å². The predicted molar refractivity (Wildman–Crippen MR) is 87.9 cm³/mol. The minimum Gasteiger partial charge on any atom is -0.482 e. The summed E-state index contributed by atoms with van der Waals surface area (Å²) in [4.78, 5) is 20.8. The molecule has 0 aliphatic carbocycles. The van der Waals surface area contributed by atoms with E-state index in [1.807, 2.05) is 0 Å². The van der Waals surface area contributed by atoms with E-state index < -0.39 is 31.5 Å². The van der Waals surface area contributed by atoms with Crippen LogP contribution in [0.3, 0.4) is 0 Å². The second-order valence-corrected chi connectivity index (χ2v) is 6.37. The molecule has 132 valence electrons. The van der Waals surface area contributed by atoms with Crippen molar-refractivity contribution in [2.24, 2.45) is 0 Å². The molecule has 1 N–H and O–H groups in total. The Morgan fingerprint density at radius 1 is 1.20 bits per heavy atom. The SMILES string of the molecule is COC(=O)COc1cccc(NS(=O)(=O)c2ccccc2[N+](=O)[O-])c1. The van der Waals surface area contributed by atoms with Crippen molar-refractivity contribution in [3.8, 4) is 5.75 Å². The van der Waals surface area contributed by atoms with Gasteiger partial charge in [0.1, 0.15) is 5.75 Å². The quantitative estimate of drug-likeness (QED) is 0.451. The number of nitrogens with zero attached hydrogens (tertiary/aromatic N) is 1. The minimum atomic E-state index is -4.18. The lowest BCUT2D eigenvalue weighted by Crippen LogP contribution is -2.15. The van der Waals surface area contributed by atoms with E-state index in [9.17, 15) is 23.3 Å².